The molecule has 0 radical (unpaired) electrons. The summed E-state index contributed by atoms with van der Waals surface area (Å²) in [5.74, 6) is -1.95. The number of carbonyl (C=O) groups excluding carboxylic acids is 2. The van der Waals surface area contributed by atoms with Gasteiger partial charge in [0, 0.05) is 20.6 Å². The van der Waals surface area contributed by atoms with Crippen molar-refractivity contribution in [2.75, 3.05) is 27.2 Å². The Labute approximate surface area is 105 Å². The van der Waals surface area contributed by atoms with Crippen LogP contribution >= 0.6 is 0 Å². The number of hydrogen-bond acceptors (Lipinski definition) is 4. The highest BCUT2D eigenvalue weighted by Crippen LogP contribution is 1.99. The minimum Gasteiger partial charge on any atom is -0.480 e. The van der Waals surface area contributed by atoms with Gasteiger partial charge in [0.1, 0.15) is 0 Å². The van der Waals surface area contributed by atoms with Crippen LogP contribution in [0.5, 0.6) is 0 Å². The smallest absolute Gasteiger partial charge is 0.328 e. The van der Waals surface area contributed by atoms with Crippen LogP contribution in [0.4, 0.5) is 4.79 Å². The lowest BCUT2D eigenvalue weighted by Gasteiger charge is -2.22. The van der Waals surface area contributed by atoms with Crippen molar-refractivity contribution >= 4 is 17.9 Å². The summed E-state index contributed by atoms with van der Waals surface area (Å²) in [4.78, 5) is 34.6. The quantitative estimate of drug-likeness (QED) is 0.462. The minimum absolute atomic E-state index is 0.142. The number of urea groups is 1. The number of aliphatic hydroxyl groups excluding tert-OH is 1. The van der Waals surface area contributed by atoms with Gasteiger partial charge in [-0.25, -0.2) is 9.59 Å². The van der Waals surface area contributed by atoms with Gasteiger partial charge in [0.15, 0.2) is 6.04 Å². The molecule has 0 rings (SSSR count). The molecular weight excluding hydrogens is 242 g/mol. The summed E-state index contributed by atoms with van der Waals surface area (Å²) in [7, 11) is 2.93. The summed E-state index contributed by atoms with van der Waals surface area (Å²) in [6, 6.07) is -2.01. The second-order valence-corrected chi connectivity index (χ2v) is 3.92. The number of aliphatic carboxylic acids is 1. The Balaban J connectivity index is 4.34. The van der Waals surface area contributed by atoms with Crippen LogP contribution in [0.1, 0.15) is 6.92 Å². The number of amides is 3. The van der Waals surface area contributed by atoms with E-state index in [2.05, 4.69) is 10.6 Å². The largest absolute Gasteiger partial charge is 0.480 e. The van der Waals surface area contributed by atoms with Gasteiger partial charge in [-0.1, -0.05) is 6.92 Å². The van der Waals surface area contributed by atoms with Crippen LogP contribution in [0.3, 0.4) is 0 Å². The molecule has 0 saturated carbocycles. The number of hydrogen-bond donors (Lipinski definition) is 4. The van der Waals surface area contributed by atoms with Crippen molar-refractivity contribution < 1.29 is 24.6 Å². The average molecular weight is 261 g/mol. The maximum Gasteiger partial charge on any atom is 0.328 e. The highest BCUT2D eigenvalue weighted by atomic mass is 16.4. The first-order valence-electron chi connectivity index (χ1n) is 5.40. The molecule has 3 amide bonds. The molecule has 0 bridgehead atoms. The van der Waals surface area contributed by atoms with Crippen molar-refractivity contribution in [1.29, 1.82) is 0 Å². The predicted molar refractivity (Wildman–Crippen MR) is 62.9 cm³/mol. The highest BCUT2D eigenvalue weighted by Gasteiger charge is 2.22. The number of aliphatic hydroxyl groups is 1. The van der Waals surface area contributed by atoms with Gasteiger partial charge in [-0.3, -0.25) is 4.79 Å². The lowest BCUT2D eigenvalue weighted by atomic mass is 10.1. The van der Waals surface area contributed by atoms with Gasteiger partial charge in [-0.05, 0) is 0 Å². The number of nitrogens with zero attached hydrogens (tertiary/aromatic N) is 1. The normalized spacial score (nSPS) is 13.3. The van der Waals surface area contributed by atoms with Crippen molar-refractivity contribution in [2.45, 2.75) is 13.0 Å². The van der Waals surface area contributed by atoms with E-state index in [0.29, 0.717) is 0 Å². The molecule has 104 valence electrons. The minimum atomic E-state index is -1.35. The van der Waals surface area contributed by atoms with Gasteiger partial charge in [0.2, 0.25) is 5.91 Å². The van der Waals surface area contributed by atoms with Crippen LogP contribution < -0.4 is 10.6 Å². The van der Waals surface area contributed by atoms with Crippen molar-refractivity contribution in [1.82, 2.24) is 15.5 Å². The van der Waals surface area contributed by atoms with Crippen LogP contribution in [0.15, 0.2) is 0 Å². The molecule has 0 aliphatic carbocycles. The Morgan fingerprint density at radius 3 is 2.28 bits per heavy atom. The van der Waals surface area contributed by atoms with Crippen molar-refractivity contribution in [3.63, 3.8) is 0 Å². The van der Waals surface area contributed by atoms with E-state index in [1.165, 1.54) is 19.0 Å². The first-order chi connectivity index (χ1) is 8.33. The Bertz CT molecular complexity index is 321. The van der Waals surface area contributed by atoms with Crippen LogP contribution in [-0.2, 0) is 9.59 Å². The molecule has 2 unspecified atom stereocenters. The van der Waals surface area contributed by atoms with E-state index in [4.69, 9.17) is 10.2 Å². The molecule has 0 aliphatic heterocycles. The summed E-state index contributed by atoms with van der Waals surface area (Å²) >= 11 is 0. The zero-order chi connectivity index (χ0) is 14.3. The van der Waals surface area contributed by atoms with E-state index < -0.39 is 30.6 Å². The first-order valence-corrected chi connectivity index (χ1v) is 5.40. The summed E-state index contributed by atoms with van der Waals surface area (Å²) in [6.45, 7) is 1.09. The molecule has 0 heterocycles. The van der Waals surface area contributed by atoms with Crippen molar-refractivity contribution in [3.05, 3.63) is 0 Å². The van der Waals surface area contributed by atoms with Gasteiger partial charge in [0.25, 0.3) is 0 Å². The molecule has 0 aromatic rings. The topological polar surface area (TPSA) is 119 Å². The molecule has 18 heavy (non-hydrogen) atoms. The van der Waals surface area contributed by atoms with Crippen LogP contribution in [0.25, 0.3) is 0 Å². The van der Waals surface area contributed by atoms with E-state index in [1.807, 2.05) is 0 Å². The highest BCUT2D eigenvalue weighted by molar-refractivity contribution is 5.83. The Hall–Kier alpha value is -1.83. The molecule has 0 fully saturated rings. The van der Waals surface area contributed by atoms with Gasteiger partial charge < -0.3 is 25.7 Å². The first kappa shape index (κ1) is 16.2. The van der Waals surface area contributed by atoms with Crippen LogP contribution in [-0.4, -0.2) is 66.3 Å². The fourth-order valence-corrected chi connectivity index (χ4v) is 1.27. The Morgan fingerprint density at radius 2 is 1.89 bits per heavy atom. The molecule has 8 nitrogen and oxygen atoms in total. The molecule has 0 saturated heterocycles. The second-order valence-electron chi connectivity index (χ2n) is 3.92. The van der Waals surface area contributed by atoms with E-state index >= 15 is 0 Å². The third-order valence-corrected chi connectivity index (χ3v) is 2.37. The van der Waals surface area contributed by atoms with E-state index in [-0.39, 0.29) is 12.5 Å². The number of carboxylic acids is 1. The number of carboxylic acid groups (broad SMARTS) is 1. The SMILES string of the molecule is CNC(=O)C(C)CN(C)C(=O)NC(CO)C(=O)O. The fourth-order valence-electron chi connectivity index (χ4n) is 1.27. The van der Waals surface area contributed by atoms with Gasteiger partial charge in [0.05, 0.1) is 12.5 Å². The zero-order valence-corrected chi connectivity index (χ0v) is 10.6. The second kappa shape index (κ2) is 7.49. The molecule has 4 N–H and O–H groups in total. The predicted octanol–water partition coefficient (Wildman–Crippen LogP) is -1.54. The third-order valence-electron chi connectivity index (χ3n) is 2.37. The van der Waals surface area contributed by atoms with Gasteiger partial charge in [-0.2, -0.15) is 0 Å². The summed E-state index contributed by atoms with van der Waals surface area (Å²) in [6.07, 6.45) is 0. The maximum atomic E-state index is 11.6. The van der Waals surface area contributed by atoms with E-state index in [9.17, 15) is 14.4 Å². The fraction of sp³-hybridized carbons (Fsp3) is 0.700. The van der Waals surface area contributed by atoms with Gasteiger partial charge >= 0.3 is 12.0 Å². The van der Waals surface area contributed by atoms with E-state index in [1.54, 1.807) is 6.92 Å². The van der Waals surface area contributed by atoms with E-state index in [0.717, 1.165) is 0 Å². The monoisotopic (exact) mass is 261 g/mol. The molecular formula is C10H19N3O5. The lowest BCUT2D eigenvalue weighted by Crippen LogP contribution is -2.50. The molecule has 2 atom stereocenters. The van der Waals surface area contributed by atoms with Crippen LogP contribution in [0.2, 0.25) is 0 Å². The Morgan fingerprint density at radius 1 is 1.33 bits per heavy atom. The third kappa shape index (κ3) is 5.00. The maximum absolute atomic E-state index is 11.6. The molecule has 0 spiro atoms. The zero-order valence-electron chi connectivity index (χ0n) is 10.6. The molecule has 0 aromatic carbocycles. The number of nitrogens with one attached hydrogen (secondary N) is 2. The number of rotatable bonds is 6. The summed E-state index contributed by atoms with van der Waals surface area (Å²) in [5.41, 5.74) is 0. The van der Waals surface area contributed by atoms with Crippen LogP contribution in [0, 0.1) is 5.92 Å². The standard InChI is InChI=1S/C10H19N3O5/c1-6(8(15)11-2)4-13(3)10(18)12-7(5-14)9(16)17/h6-7,14H,4-5H2,1-3H3,(H,11,15)(H,12,18)(H,16,17). The summed E-state index contributed by atoms with van der Waals surface area (Å²) < 4.78 is 0. The molecule has 8 heteroatoms. The number of carbonyl (C=O) groups is 3. The lowest BCUT2D eigenvalue weighted by molar-refractivity contribution is -0.140. The molecule has 0 aromatic heterocycles. The van der Waals surface area contributed by atoms with Crippen molar-refractivity contribution in [3.8, 4) is 0 Å². The summed E-state index contributed by atoms with van der Waals surface area (Å²) in [5, 5.41) is 22.0. The van der Waals surface area contributed by atoms with Gasteiger partial charge in [-0.15, -0.1) is 0 Å². The average Bonchev–Trinajstić information content (AvgIpc) is 2.33. The van der Waals surface area contributed by atoms with Crippen molar-refractivity contribution in [2.24, 2.45) is 5.92 Å². The Kier molecular flexibility index (Phi) is 6.73. The molecule has 0 aliphatic rings.